The molecule has 0 aliphatic carbocycles. The monoisotopic (exact) mass is 529 g/mol. The minimum atomic E-state index is 0.379. The second kappa shape index (κ2) is 9.43. The van der Waals surface area contributed by atoms with Crippen molar-refractivity contribution in [1.82, 2.24) is 29.0 Å². The van der Waals surface area contributed by atoms with Crippen LogP contribution in [0.4, 0.5) is 5.82 Å². The molecule has 0 saturated carbocycles. The van der Waals surface area contributed by atoms with E-state index in [1.165, 1.54) is 23.0 Å². The number of halogens is 1. The molecule has 1 aliphatic rings. The minimum absolute atomic E-state index is 0.379. The van der Waals surface area contributed by atoms with Crippen LogP contribution in [-0.4, -0.2) is 42.1 Å². The third kappa shape index (κ3) is 4.44. The molecule has 6 rings (SSSR count). The van der Waals surface area contributed by atoms with Gasteiger partial charge in [0.15, 0.2) is 5.65 Å². The van der Waals surface area contributed by atoms with Crippen molar-refractivity contribution >= 4 is 38.3 Å². The summed E-state index contributed by atoms with van der Waals surface area (Å²) >= 11 is 3.64. The first-order valence-corrected chi connectivity index (χ1v) is 12.9. The number of aromatic nitrogens is 5. The SMILES string of the molecule is Cn1c(CN2CCCC(c3cc(NCc4cccnc4)n4ncc(Br)c4n3)C2)cc2ccccc21. The van der Waals surface area contributed by atoms with Gasteiger partial charge in [-0.05, 0) is 64.5 Å². The van der Waals surface area contributed by atoms with Gasteiger partial charge in [-0.2, -0.15) is 9.61 Å². The summed E-state index contributed by atoms with van der Waals surface area (Å²) in [6.07, 6.45) is 7.80. The van der Waals surface area contributed by atoms with Crippen LogP contribution in [0.15, 0.2) is 71.6 Å². The Bertz CT molecular complexity index is 1470. The third-order valence-corrected chi connectivity index (χ3v) is 7.56. The number of para-hydroxylation sites is 1. The van der Waals surface area contributed by atoms with Crippen LogP contribution < -0.4 is 5.32 Å². The van der Waals surface area contributed by atoms with E-state index in [-0.39, 0.29) is 0 Å². The predicted molar refractivity (Wildman–Crippen MR) is 142 cm³/mol. The number of likely N-dealkylation sites (tertiary alicyclic amines) is 1. The van der Waals surface area contributed by atoms with E-state index >= 15 is 0 Å². The average Bonchev–Trinajstić information content (AvgIpc) is 3.43. The second-order valence-corrected chi connectivity index (χ2v) is 10.2. The maximum Gasteiger partial charge on any atom is 0.171 e. The maximum absolute atomic E-state index is 5.04. The summed E-state index contributed by atoms with van der Waals surface area (Å²) in [6.45, 7) is 3.75. The fourth-order valence-electron chi connectivity index (χ4n) is 5.15. The molecule has 178 valence electrons. The Morgan fingerprint density at radius 2 is 2.03 bits per heavy atom. The van der Waals surface area contributed by atoms with Gasteiger partial charge in [-0.15, -0.1) is 0 Å². The highest BCUT2D eigenvalue weighted by Crippen LogP contribution is 2.31. The van der Waals surface area contributed by atoms with Gasteiger partial charge in [0.05, 0.1) is 16.4 Å². The van der Waals surface area contributed by atoms with Crippen molar-refractivity contribution in [2.24, 2.45) is 7.05 Å². The van der Waals surface area contributed by atoms with E-state index in [0.717, 1.165) is 53.3 Å². The number of benzene rings is 1. The quantitative estimate of drug-likeness (QED) is 0.320. The van der Waals surface area contributed by atoms with Crippen molar-refractivity contribution in [3.63, 3.8) is 0 Å². The van der Waals surface area contributed by atoms with Gasteiger partial charge < -0.3 is 9.88 Å². The van der Waals surface area contributed by atoms with Crippen LogP contribution in [0.5, 0.6) is 0 Å². The normalized spacial score (nSPS) is 16.8. The summed E-state index contributed by atoms with van der Waals surface area (Å²) in [6, 6.07) is 17.1. The third-order valence-electron chi connectivity index (χ3n) is 7.01. The number of pyridine rings is 1. The van der Waals surface area contributed by atoms with Gasteiger partial charge >= 0.3 is 0 Å². The largest absolute Gasteiger partial charge is 0.366 e. The highest BCUT2D eigenvalue weighted by atomic mass is 79.9. The summed E-state index contributed by atoms with van der Waals surface area (Å²) in [5, 5.41) is 9.39. The standard InChI is InChI=1S/C27H28BrN7/c1-33-22(12-20-7-2-3-9-25(20)33)18-34-11-5-8-21(17-34)24-13-26(30-15-19-6-4-10-29-14-19)35-27(32-24)23(28)16-31-35/h2-4,6-7,9-10,12-14,16,21,30H,5,8,11,15,17-18H2,1H3. The number of aryl methyl sites for hydroxylation is 1. The first-order valence-electron chi connectivity index (χ1n) is 12.1. The molecule has 1 atom stereocenters. The van der Waals surface area contributed by atoms with E-state index in [0.29, 0.717) is 12.5 Å². The Morgan fingerprint density at radius 3 is 2.89 bits per heavy atom. The van der Waals surface area contributed by atoms with E-state index < -0.39 is 0 Å². The van der Waals surface area contributed by atoms with E-state index in [1.54, 1.807) is 6.20 Å². The van der Waals surface area contributed by atoms with Crippen LogP contribution in [0.1, 0.15) is 35.7 Å². The number of piperidine rings is 1. The van der Waals surface area contributed by atoms with E-state index in [2.05, 4.69) is 90.3 Å². The molecular weight excluding hydrogens is 502 g/mol. The molecule has 1 fully saturated rings. The highest BCUT2D eigenvalue weighted by molar-refractivity contribution is 9.10. The molecule has 0 bridgehead atoms. The van der Waals surface area contributed by atoms with Crippen LogP contribution >= 0.6 is 15.9 Å². The van der Waals surface area contributed by atoms with Crippen molar-refractivity contribution in [2.75, 3.05) is 18.4 Å². The summed E-state index contributed by atoms with van der Waals surface area (Å²) in [7, 11) is 2.17. The van der Waals surface area contributed by atoms with Gasteiger partial charge in [0.1, 0.15) is 5.82 Å². The molecule has 35 heavy (non-hydrogen) atoms. The van der Waals surface area contributed by atoms with Crippen molar-refractivity contribution < 1.29 is 0 Å². The Hall–Kier alpha value is -3.23. The number of anilines is 1. The fraction of sp³-hybridized carbons (Fsp3) is 0.296. The summed E-state index contributed by atoms with van der Waals surface area (Å²) in [5.41, 5.74) is 5.74. The fourth-order valence-corrected chi connectivity index (χ4v) is 5.50. The molecule has 0 radical (unpaired) electrons. The number of fused-ring (bicyclic) bond motifs is 2. The van der Waals surface area contributed by atoms with Crippen molar-refractivity contribution in [3.8, 4) is 0 Å². The zero-order chi connectivity index (χ0) is 23.8. The molecule has 1 saturated heterocycles. The molecule has 7 nitrogen and oxygen atoms in total. The molecule has 5 aromatic rings. The topological polar surface area (TPSA) is 63.3 Å². The molecular formula is C27H28BrN7. The van der Waals surface area contributed by atoms with Crippen molar-refractivity contribution in [3.05, 3.63) is 88.5 Å². The van der Waals surface area contributed by atoms with Gasteiger partial charge in [-0.1, -0.05) is 24.3 Å². The Morgan fingerprint density at radius 1 is 1.11 bits per heavy atom. The first kappa shape index (κ1) is 22.2. The molecule has 1 unspecified atom stereocenters. The predicted octanol–water partition coefficient (Wildman–Crippen LogP) is 5.37. The second-order valence-electron chi connectivity index (χ2n) is 9.34. The smallest absolute Gasteiger partial charge is 0.171 e. The maximum atomic E-state index is 5.04. The molecule has 0 amide bonds. The molecule has 1 aromatic carbocycles. The molecule has 1 N–H and O–H groups in total. The van der Waals surface area contributed by atoms with Gasteiger partial charge in [0, 0.05) is 62.3 Å². The van der Waals surface area contributed by atoms with E-state index in [4.69, 9.17) is 4.98 Å². The Balaban J connectivity index is 1.25. The van der Waals surface area contributed by atoms with Crippen molar-refractivity contribution in [2.45, 2.75) is 31.8 Å². The molecule has 5 heterocycles. The van der Waals surface area contributed by atoms with Crippen LogP contribution in [0.3, 0.4) is 0 Å². The minimum Gasteiger partial charge on any atom is -0.366 e. The Kier molecular flexibility index (Phi) is 6.00. The average molecular weight is 530 g/mol. The van der Waals surface area contributed by atoms with Crippen LogP contribution in [0, 0.1) is 0 Å². The lowest BCUT2D eigenvalue weighted by Crippen LogP contribution is -2.34. The summed E-state index contributed by atoms with van der Waals surface area (Å²) in [5.74, 6) is 1.33. The molecule has 8 heteroatoms. The first-order chi connectivity index (χ1) is 17.2. The number of rotatable bonds is 6. The molecule has 1 aliphatic heterocycles. The van der Waals surface area contributed by atoms with Crippen LogP contribution in [0.2, 0.25) is 0 Å². The van der Waals surface area contributed by atoms with Crippen LogP contribution in [-0.2, 0) is 20.1 Å². The van der Waals surface area contributed by atoms with Crippen molar-refractivity contribution in [1.29, 1.82) is 0 Å². The zero-order valence-electron chi connectivity index (χ0n) is 19.7. The van der Waals surface area contributed by atoms with Gasteiger partial charge in [0.25, 0.3) is 0 Å². The van der Waals surface area contributed by atoms with E-state index in [1.807, 2.05) is 23.0 Å². The summed E-state index contributed by atoms with van der Waals surface area (Å²) < 4.78 is 5.11. The summed E-state index contributed by atoms with van der Waals surface area (Å²) in [4.78, 5) is 11.8. The Labute approximate surface area is 212 Å². The highest BCUT2D eigenvalue weighted by Gasteiger charge is 2.25. The number of nitrogens with one attached hydrogen (secondary N) is 1. The molecule has 0 spiro atoms. The van der Waals surface area contributed by atoms with Crippen LogP contribution in [0.25, 0.3) is 16.6 Å². The molecule has 4 aromatic heterocycles. The zero-order valence-corrected chi connectivity index (χ0v) is 21.3. The van der Waals surface area contributed by atoms with Gasteiger partial charge in [-0.25, -0.2) is 4.98 Å². The lowest BCUT2D eigenvalue weighted by Gasteiger charge is -2.32. The lowest BCUT2D eigenvalue weighted by molar-refractivity contribution is 0.195. The lowest BCUT2D eigenvalue weighted by atomic mass is 9.94. The van der Waals surface area contributed by atoms with Gasteiger partial charge in [-0.3, -0.25) is 9.88 Å². The number of hydrogen-bond donors (Lipinski definition) is 1. The van der Waals surface area contributed by atoms with E-state index in [9.17, 15) is 0 Å². The number of nitrogens with zero attached hydrogens (tertiary/aromatic N) is 6. The number of hydrogen-bond acceptors (Lipinski definition) is 5. The van der Waals surface area contributed by atoms with Gasteiger partial charge in [0.2, 0.25) is 0 Å².